The molecule has 0 radical (unpaired) electrons. The number of aromatic nitrogens is 3. The van der Waals surface area contributed by atoms with Crippen molar-refractivity contribution in [1.29, 1.82) is 0 Å². The maximum atomic E-state index is 13.1. The fourth-order valence-electron chi connectivity index (χ4n) is 3.55. The van der Waals surface area contributed by atoms with Crippen molar-refractivity contribution in [2.45, 2.75) is 38.9 Å². The Labute approximate surface area is 204 Å². The summed E-state index contributed by atoms with van der Waals surface area (Å²) in [4.78, 5) is 18.7. The molecule has 0 bridgehead atoms. The third-order valence-corrected chi connectivity index (χ3v) is 6.78. The van der Waals surface area contributed by atoms with Gasteiger partial charge in [-0.3, -0.25) is 4.79 Å². The summed E-state index contributed by atoms with van der Waals surface area (Å²) in [5, 5.41) is 10.4. The lowest BCUT2D eigenvalue weighted by molar-refractivity contribution is -0.141. The first-order chi connectivity index (χ1) is 16.7. The van der Waals surface area contributed by atoms with E-state index >= 15 is 0 Å². The summed E-state index contributed by atoms with van der Waals surface area (Å²) in [6, 6.07) is 6.62. The standard InChI is InChI=1S/C24H25F3N4O3S/c1-3-19-11-28-23(35-19)17-8-16(9-18(10-17)34-13-15-6-7-33-12-15)22(32)29-14(2)20-4-5-21(31-30-20)24(25,26)27/h4-5,8-11,14-15H,3,6-7,12-13H2,1-2H3,(H,29,32)/t14?,15-/m1/s1. The summed E-state index contributed by atoms with van der Waals surface area (Å²) in [5.74, 6) is 0.415. The van der Waals surface area contributed by atoms with Crippen LogP contribution in [-0.4, -0.2) is 40.9 Å². The summed E-state index contributed by atoms with van der Waals surface area (Å²) in [7, 11) is 0. The summed E-state index contributed by atoms with van der Waals surface area (Å²) < 4.78 is 49.7. The van der Waals surface area contributed by atoms with Crippen LogP contribution in [0, 0.1) is 5.92 Å². The molecule has 1 aromatic carbocycles. The number of hydrogen-bond acceptors (Lipinski definition) is 7. The minimum atomic E-state index is -4.58. The smallest absolute Gasteiger partial charge is 0.435 e. The first-order valence-electron chi connectivity index (χ1n) is 11.3. The molecular weight excluding hydrogens is 481 g/mol. The van der Waals surface area contributed by atoms with Gasteiger partial charge in [0.25, 0.3) is 5.91 Å². The highest BCUT2D eigenvalue weighted by Crippen LogP contribution is 2.31. The van der Waals surface area contributed by atoms with E-state index in [0.717, 1.165) is 34.4 Å². The Morgan fingerprint density at radius 2 is 2.11 bits per heavy atom. The molecule has 186 valence electrons. The molecule has 1 aliphatic heterocycles. The lowest BCUT2D eigenvalue weighted by Crippen LogP contribution is -2.27. The molecule has 1 saturated heterocycles. The number of benzene rings is 1. The zero-order chi connectivity index (χ0) is 25.0. The van der Waals surface area contributed by atoms with Crippen molar-refractivity contribution in [3.63, 3.8) is 0 Å². The van der Waals surface area contributed by atoms with Gasteiger partial charge in [-0.25, -0.2) is 4.98 Å². The number of aryl methyl sites for hydroxylation is 1. The fraction of sp³-hybridized carbons (Fsp3) is 0.417. The molecule has 2 atom stereocenters. The molecule has 35 heavy (non-hydrogen) atoms. The quantitative estimate of drug-likeness (QED) is 0.458. The normalized spacial score (nSPS) is 16.8. The number of thiazole rings is 1. The van der Waals surface area contributed by atoms with E-state index in [4.69, 9.17) is 9.47 Å². The van der Waals surface area contributed by atoms with E-state index in [1.54, 1.807) is 30.4 Å². The number of hydrogen-bond donors (Lipinski definition) is 1. The predicted octanol–water partition coefficient (Wildman–Crippen LogP) is 5.09. The average Bonchev–Trinajstić information content (AvgIpc) is 3.54. The van der Waals surface area contributed by atoms with Gasteiger partial charge in [-0.15, -0.1) is 16.4 Å². The van der Waals surface area contributed by atoms with Gasteiger partial charge in [0.05, 0.1) is 24.9 Å². The maximum Gasteiger partial charge on any atom is 0.435 e. The van der Waals surface area contributed by atoms with E-state index in [-0.39, 0.29) is 5.69 Å². The molecule has 4 rings (SSSR count). The van der Waals surface area contributed by atoms with E-state index in [1.165, 1.54) is 6.07 Å². The number of rotatable bonds is 8. The number of carbonyl (C=O) groups is 1. The first kappa shape index (κ1) is 25.1. The average molecular weight is 507 g/mol. The van der Waals surface area contributed by atoms with Crippen LogP contribution in [0.2, 0.25) is 0 Å². The van der Waals surface area contributed by atoms with E-state index in [1.807, 2.05) is 19.2 Å². The zero-order valence-corrected chi connectivity index (χ0v) is 20.1. The van der Waals surface area contributed by atoms with Gasteiger partial charge in [-0.2, -0.15) is 18.3 Å². The third-order valence-electron chi connectivity index (χ3n) is 5.59. The summed E-state index contributed by atoms with van der Waals surface area (Å²) in [5.41, 5.74) is 0.228. The molecule has 1 unspecified atom stereocenters. The van der Waals surface area contributed by atoms with E-state index in [9.17, 15) is 18.0 Å². The third kappa shape index (κ3) is 6.34. The van der Waals surface area contributed by atoms with Crippen LogP contribution in [0.25, 0.3) is 10.6 Å². The molecule has 1 N–H and O–H groups in total. The van der Waals surface area contributed by atoms with Crippen LogP contribution in [0.1, 0.15) is 52.9 Å². The number of ether oxygens (including phenoxy) is 2. The number of carbonyl (C=O) groups excluding carboxylic acids is 1. The zero-order valence-electron chi connectivity index (χ0n) is 19.3. The molecule has 2 aromatic heterocycles. The summed E-state index contributed by atoms with van der Waals surface area (Å²) in [6.07, 6.45) is -0.985. The van der Waals surface area contributed by atoms with Gasteiger partial charge in [0.2, 0.25) is 0 Å². The van der Waals surface area contributed by atoms with Crippen molar-refractivity contribution in [2.24, 2.45) is 5.92 Å². The molecule has 1 amide bonds. The van der Waals surface area contributed by atoms with Crippen LogP contribution in [0.4, 0.5) is 13.2 Å². The topological polar surface area (TPSA) is 86.2 Å². The van der Waals surface area contributed by atoms with Crippen LogP contribution in [0.5, 0.6) is 5.75 Å². The van der Waals surface area contributed by atoms with Gasteiger partial charge >= 0.3 is 6.18 Å². The number of nitrogens with zero attached hydrogens (tertiary/aromatic N) is 3. The number of nitrogens with one attached hydrogen (secondary N) is 1. The van der Waals surface area contributed by atoms with Gasteiger partial charge in [-0.05, 0) is 50.1 Å². The Bertz CT molecular complexity index is 1160. The Balaban J connectivity index is 1.54. The van der Waals surface area contributed by atoms with Gasteiger partial charge in [-0.1, -0.05) is 6.92 Å². The number of alkyl halides is 3. The van der Waals surface area contributed by atoms with Gasteiger partial charge in [0.15, 0.2) is 5.69 Å². The Morgan fingerprint density at radius 1 is 1.29 bits per heavy atom. The maximum absolute atomic E-state index is 13.1. The van der Waals surface area contributed by atoms with Gasteiger partial charge in [0, 0.05) is 34.7 Å². The highest BCUT2D eigenvalue weighted by molar-refractivity contribution is 7.15. The van der Waals surface area contributed by atoms with E-state index in [0.29, 0.717) is 37.1 Å². The Hall–Kier alpha value is -3.05. The lowest BCUT2D eigenvalue weighted by atomic mass is 10.1. The number of amides is 1. The second kappa shape index (κ2) is 10.7. The van der Waals surface area contributed by atoms with Crippen LogP contribution < -0.4 is 10.1 Å². The highest BCUT2D eigenvalue weighted by atomic mass is 32.1. The van der Waals surface area contributed by atoms with Gasteiger partial charge < -0.3 is 14.8 Å². The fourth-order valence-corrected chi connectivity index (χ4v) is 4.39. The van der Waals surface area contributed by atoms with Crippen LogP contribution in [0.3, 0.4) is 0 Å². The molecule has 1 aliphatic rings. The summed E-state index contributed by atoms with van der Waals surface area (Å²) >= 11 is 1.54. The van der Waals surface area contributed by atoms with E-state index < -0.39 is 23.8 Å². The minimum absolute atomic E-state index is 0.215. The van der Waals surface area contributed by atoms with Crippen molar-refractivity contribution in [3.8, 4) is 16.3 Å². The van der Waals surface area contributed by atoms with Crippen LogP contribution in [0.15, 0.2) is 36.5 Å². The number of halogens is 3. The van der Waals surface area contributed by atoms with Crippen molar-refractivity contribution in [1.82, 2.24) is 20.5 Å². The summed E-state index contributed by atoms with van der Waals surface area (Å²) in [6.45, 7) is 5.51. The lowest BCUT2D eigenvalue weighted by Gasteiger charge is -2.16. The molecule has 3 aromatic rings. The molecule has 3 heterocycles. The molecule has 7 nitrogen and oxygen atoms in total. The second-order valence-corrected chi connectivity index (χ2v) is 9.42. The second-order valence-electron chi connectivity index (χ2n) is 8.31. The van der Waals surface area contributed by atoms with Gasteiger partial charge in [0.1, 0.15) is 10.8 Å². The monoisotopic (exact) mass is 506 g/mol. The highest BCUT2D eigenvalue weighted by Gasteiger charge is 2.33. The van der Waals surface area contributed by atoms with Crippen molar-refractivity contribution in [3.05, 3.63) is 58.4 Å². The molecule has 0 spiro atoms. The van der Waals surface area contributed by atoms with Crippen LogP contribution in [-0.2, 0) is 17.3 Å². The van der Waals surface area contributed by atoms with E-state index in [2.05, 4.69) is 20.5 Å². The predicted molar refractivity (Wildman–Crippen MR) is 124 cm³/mol. The Kier molecular flexibility index (Phi) is 7.66. The minimum Gasteiger partial charge on any atom is -0.493 e. The molecule has 11 heteroatoms. The van der Waals surface area contributed by atoms with Crippen molar-refractivity contribution >= 4 is 17.2 Å². The largest absolute Gasteiger partial charge is 0.493 e. The van der Waals surface area contributed by atoms with Crippen molar-refractivity contribution in [2.75, 3.05) is 19.8 Å². The molecule has 0 aliphatic carbocycles. The Morgan fingerprint density at radius 3 is 2.74 bits per heavy atom. The SMILES string of the molecule is CCc1cnc(-c2cc(OC[C@@H]3CCOC3)cc(C(=O)NC(C)c3ccc(C(F)(F)F)nn3)c2)s1. The molecular formula is C24H25F3N4O3S. The van der Waals surface area contributed by atoms with Crippen LogP contribution >= 0.6 is 11.3 Å². The molecule has 0 saturated carbocycles. The first-order valence-corrected chi connectivity index (χ1v) is 12.1. The van der Waals surface area contributed by atoms with Crippen molar-refractivity contribution < 1.29 is 27.4 Å². The molecule has 1 fully saturated rings.